The maximum Gasteiger partial charge on any atom is 0.349 e. The second-order valence-electron chi connectivity index (χ2n) is 13.5. The number of nitrogens with one attached hydrogen (secondary N) is 2. The van der Waals surface area contributed by atoms with Crippen molar-refractivity contribution in [1.82, 2.24) is 14.8 Å². The van der Waals surface area contributed by atoms with Gasteiger partial charge in [0.2, 0.25) is 5.60 Å². The van der Waals surface area contributed by atoms with Crippen molar-refractivity contribution < 1.29 is 34.4 Å². The fraction of sp³-hybridized carbons (Fsp3) is 0.395. The first-order chi connectivity index (χ1) is 25.6. The van der Waals surface area contributed by atoms with E-state index < -0.39 is 17.7 Å². The van der Waals surface area contributed by atoms with Crippen molar-refractivity contribution in [2.75, 3.05) is 32.1 Å². The van der Waals surface area contributed by atoms with Crippen molar-refractivity contribution in [2.24, 2.45) is 0 Å². The number of aromatic nitrogens is 1. The lowest BCUT2D eigenvalue weighted by atomic mass is 9.91. The van der Waals surface area contributed by atoms with Crippen molar-refractivity contribution in [3.63, 3.8) is 0 Å². The fourth-order valence-electron chi connectivity index (χ4n) is 7.13. The molecule has 1 aliphatic carbocycles. The zero-order valence-electron chi connectivity index (χ0n) is 29.2. The van der Waals surface area contributed by atoms with Gasteiger partial charge in [-0.25, -0.2) is 4.79 Å². The molecule has 53 heavy (non-hydrogen) atoms. The molecule has 2 aromatic carbocycles. The number of rotatable bonds is 14. The zero-order chi connectivity index (χ0) is 37.1. The van der Waals surface area contributed by atoms with E-state index in [2.05, 4.69) is 22.6 Å². The smallest absolute Gasteiger partial charge is 0.349 e. The zero-order valence-corrected chi connectivity index (χ0v) is 31.6. The number of hydrogen-bond acceptors (Lipinski definition) is 13. The molecule has 1 fully saturated rings. The monoisotopic (exact) mass is 778 g/mol. The molecule has 0 bridgehead atoms. The van der Waals surface area contributed by atoms with E-state index >= 15 is 0 Å². The Balaban J connectivity index is 0.874. The number of aliphatic hydroxyl groups excluding tert-OH is 1. The first-order valence-electron chi connectivity index (χ1n) is 17.6. The van der Waals surface area contributed by atoms with Crippen LogP contribution in [0.4, 0.5) is 5.69 Å². The van der Waals surface area contributed by atoms with Gasteiger partial charge in [0.1, 0.15) is 17.5 Å². The van der Waals surface area contributed by atoms with E-state index in [4.69, 9.17) is 9.47 Å². The van der Waals surface area contributed by atoms with Gasteiger partial charge in [-0.3, -0.25) is 14.2 Å². The van der Waals surface area contributed by atoms with Crippen LogP contribution >= 0.6 is 34.0 Å². The average molecular weight is 779 g/mol. The molecule has 5 N–H and O–H groups in total. The van der Waals surface area contributed by atoms with Crippen LogP contribution in [-0.2, 0) is 33.0 Å². The van der Waals surface area contributed by atoms with E-state index in [-0.39, 0.29) is 47.2 Å². The topological polar surface area (TPSA) is 163 Å². The summed E-state index contributed by atoms with van der Waals surface area (Å²) in [5, 5.41) is 42.0. The van der Waals surface area contributed by atoms with Gasteiger partial charge in [0.25, 0.3) is 5.91 Å². The van der Waals surface area contributed by atoms with Crippen molar-refractivity contribution >= 4 is 61.8 Å². The van der Waals surface area contributed by atoms with Crippen LogP contribution in [0.5, 0.6) is 11.5 Å². The average Bonchev–Trinajstić information content (AvgIpc) is 3.95. The lowest BCUT2D eigenvalue weighted by molar-refractivity contribution is -0.169. The quantitative estimate of drug-likeness (QED) is 0.0753. The number of nitrogens with zero attached hydrogens (tertiary/aromatic N) is 2. The van der Waals surface area contributed by atoms with Crippen LogP contribution in [0.3, 0.4) is 0 Å². The van der Waals surface area contributed by atoms with Crippen molar-refractivity contribution in [2.45, 2.75) is 69.0 Å². The molecule has 0 spiro atoms. The summed E-state index contributed by atoms with van der Waals surface area (Å²) in [4.78, 5) is 41.5. The fourth-order valence-corrected chi connectivity index (χ4v) is 9.82. The summed E-state index contributed by atoms with van der Waals surface area (Å²) in [7, 11) is 2.11. The molecule has 1 saturated carbocycles. The number of benzene rings is 2. The summed E-state index contributed by atoms with van der Waals surface area (Å²) >= 11 is 3.90. The molecular formula is C38H42N4O8S3. The van der Waals surface area contributed by atoms with Crippen LogP contribution in [0.25, 0.3) is 10.2 Å². The van der Waals surface area contributed by atoms with Gasteiger partial charge in [0.15, 0.2) is 12.4 Å². The van der Waals surface area contributed by atoms with Crippen LogP contribution in [0.15, 0.2) is 70.2 Å². The standard InChI is InChI=1S/C38H42N4O8S3/c1-41(24-8-10-25(11-9-24)50-36(46)38(48,31-5-2-17-51-31)32-6-3-18-52-32)15-4-16-42-27-13-7-23(19-30(27)53-37(42)47)20-39-21-29(44)26-12-14-28(43)34-35(26)49-22-33(45)40-34/h2-3,5-7,12-14,17-19,24-25,29,39,43-44,48H,4,8-11,15-16,20-22H2,1H3,(H,40,45)/t24-,25-,29-/m0/s1. The summed E-state index contributed by atoms with van der Waals surface area (Å²) in [6.45, 7) is 1.90. The maximum absolute atomic E-state index is 13.4. The van der Waals surface area contributed by atoms with E-state index in [0.717, 1.165) is 54.4 Å². The van der Waals surface area contributed by atoms with E-state index in [0.29, 0.717) is 34.4 Å². The highest BCUT2D eigenvalue weighted by molar-refractivity contribution is 7.16. The number of ether oxygens (including phenoxy) is 2. The van der Waals surface area contributed by atoms with E-state index in [9.17, 15) is 29.7 Å². The Morgan fingerprint density at radius 3 is 2.53 bits per heavy atom. The predicted molar refractivity (Wildman–Crippen MR) is 206 cm³/mol. The third kappa shape index (κ3) is 7.92. The molecule has 2 aliphatic rings. The predicted octanol–water partition coefficient (Wildman–Crippen LogP) is 5.16. The molecule has 3 aromatic heterocycles. The Bertz CT molecular complexity index is 2070. The number of esters is 1. The Kier molecular flexibility index (Phi) is 11.3. The van der Waals surface area contributed by atoms with E-state index in [1.54, 1.807) is 18.2 Å². The molecule has 1 amide bonds. The number of phenols is 1. The van der Waals surface area contributed by atoms with Crippen molar-refractivity contribution in [3.05, 3.63) is 95.9 Å². The van der Waals surface area contributed by atoms with E-state index in [1.807, 2.05) is 45.7 Å². The van der Waals surface area contributed by atoms with Gasteiger partial charge in [-0.15, -0.1) is 22.7 Å². The first-order valence-corrected chi connectivity index (χ1v) is 20.2. The number of thiophene rings is 2. The summed E-state index contributed by atoms with van der Waals surface area (Å²) in [5.74, 6) is -0.854. The summed E-state index contributed by atoms with van der Waals surface area (Å²) in [5.41, 5.74) is 0.694. The van der Waals surface area contributed by atoms with Crippen LogP contribution in [0.1, 0.15) is 59.1 Å². The number of hydrogen-bond donors (Lipinski definition) is 5. The minimum atomic E-state index is -1.80. The highest BCUT2D eigenvalue weighted by atomic mass is 32.1. The summed E-state index contributed by atoms with van der Waals surface area (Å²) < 4.78 is 14.2. The number of fused-ring (bicyclic) bond motifs is 2. The van der Waals surface area contributed by atoms with Gasteiger partial charge in [0, 0.05) is 31.2 Å². The summed E-state index contributed by atoms with van der Waals surface area (Å²) in [6.07, 6.45) is 2.83. The second-order valence-corrected chi connectivity index (χ2v) is 16.4. The van der Waals surface area contributed by atoms with Gasteiger partial charge in [0.05, 0.1) is 26.1 Å². The number of thiazole rings is 1. The van der Waals surface area contributed by atoms with Gasteiger partial charge in [-0.2, -0.15) is 0 Å². The molecule has 280 valence electrons. The minimum Gasteiger partial charge on any atom is -0.506 e. The number of anilines is 1. The molecule has 7 rings (SSSR count). The van der Waals surface area contributed by atoms with Gasteiger partial charge in [-0.05, 0) is 98.4 Å². The number of carbonyl (C=O) groups is 2. The highest BCUT2D eigenvalue weighted by Gasteiger charge is 2.45. The molecular weight excluding hydrogens is 737 g/mol. The molecule has 15 heteroatoms. The van der Waals surface area contributed by atoms with Crippen LogP contribution in [0, 0.1) is 0 Å². The van der Waals surface area contributed by atoms with Crippen molar-refractivity contribution in [3.8, 4) is 11.5 Å². The maximum atomic E-state index is 13.4. The van der Waals surface area contributed by atoms with Crippen LogP contribution < -0.4 is 20.2 Å². The van der Waals surface area contributed by atoms with Crippen LogP contribution in [-0.4, -0.2) is 75.6 Å². The van der Waals surface area contributed by atoms with Crippen LogP contribution in [0.2, 0.25) is 0 Å². The van der Waals surface area contributed by atoms with Gasteiger partial charge < -0.3 is 40.3 Å². The lowest BCUT2D eigenvalue weighted by Gasteiger charge is -2.35. The Morgan fingerprint density at radius 2 is 1.83 bits per heavy atom. The number of aryl methyl sites for hydroxylation is 1. The number of aromatic hydroxyl groups is 1. The summed E-state index contributed by atoms with van der Waals surface area (Å²) in [6, 6.07) is 16.5. The van der Waals surface area contributed by atoms with Gasteiger partial charge >= 0.3 is 10.8 Å². The molecule has 5 aromatic rings. The SMILES string of the molecule is CN(CCCn1c(=O)sc2cc(CNC[C@H](O)c3ccc(O)c4c3OCC(=O)N4)ccc21)[C@H]1CC[C@H](OC(=O)C(O)(c2cccs2)c2cccs2)CC1. The lowest BCUT2D eigenvalue weighted by Crippen LogP contribution is -2.42. The Labute approximate surface area is 318 Å². The number of carbonyl (C=O) groups excluding carboxylic acids is 2. The number of phenolic OH excluding ortho intramolecular Hbond substituents is 1. The Hall–Kier alpha value is -4.09. The largest absolute Gasteiger partial charge is 0.506 e. The van der Waals surface area contributed by atoms with E-state index in [1.165, 1.54) is 40.1 Å². The molecule has 0 radical (unpaired) electrons. The molecule has 0 unspecified atom stereocenters. The molecule has 1 aliphatic heterocycles. The molecule has 0 saturated heterocycles. The highest BCUT2D eigenvalue weighted by Crippen LogP contribution is 2.42. The molecule has 4 heterocycles. The third-order valence-corrected chi connectivity index (χ3v) is 12.9. The number of amides is 1. The number of aliphatic hydroxyl groups is 2. The van der Waals surface area contributed by atoms with Gasteiger partial charge in [-0.1, -0.05) is 29.5 Å². The minimum absolute atomic E-state index is 0.000223. The molecule has 12 nitrogen and oxygen atoms in total. The second kappa shape index (κ2) is 16.1. The third-order valence-electron chi connectivity index (χ3n) is 10.0. The normalized spacial score (nSPS) is 18.1. The first kappa shape index (κ1) is 37.2. The van der Waals surface area contributed by atoms with Crippen molar-refractivity contribution in [1.29, 1.82) is 0 Å². The molecule has 1 atom stereocenters. The Morgan fingerprint density at radius 1 is 1.09 bits per heavy atom.